The first-order valence-electron chi connectivity index (χ1n) is 12.0. The summed E-state index contributed by atoms with van der Waals surface area (Å²) in [7, 11) is 0. The summed E-state index contributed by atoms with van der Waals surface area (Å²) in [6.07, 6.45) is 2.40. The summed E-state index contributed by atoms with van der Waals surface area (Å²) in [5.74, 6) is 2.70. The molecule has 2 fully saturated rings. The monoisotopic (exact) mass is 550 g/mol. The highest BCUT2D eigenvalue weighted by atomic mass is 79.9. The molecule has 0 saturated carbocycles. The van der Waals surface area contributed by atoms with Gasteiger partial charge in [0.2, 0.25) is 0 Å². The Morgan fingerprint density at radius 2 is 1.63 bits per heavy atom. The van der Waals surface area contributed by atoms with Crippen molar-refractivity contribution in [1.29, 1.82) is 0 Å². The maximum absolute atomic E-state index is 9.99. The maximum atomic E-state index is 9.99. The zero-order valence-electron chi connectivity index (χ0n) is 19.2. The van der Waals surface area contributed by atoms with Crippen LogP contribution in [0.25, 0.3) is 20.5 Å². The van der Waals surface area contributed by atoms with Crippen molar-refractivity contribution in [3.05, 3.63) is 71.2 Å². The van der Waals surface area contributed by atoms with Gasteiger partial charge in [-0.05, 0) is 73.0 Å². The van der Waals surface area contributed by atoms with E-state index in [-0.39, 0.29) is 11.9 Å². The van der Waals surface area contributed by atoms with Gasteiger partial charge in [-0.15, -0.1) is 11.3 Å². The van der Waals surface area contributed by atoms with E-state index in [2.05, 4.69) is 38.3 Å². The van der Waals surface area contributed by atoms with Crippen molar-refractivity contribution in [1.82, 2.24) is 10.2 Å². The molecule has 2 aliphatic rings. The predicted octanol–water partition coefficient (Wildman–Crippen LogP) is 6.64. The van der Waals surface area contributed by atoms with Gasteiger partial charge in [0, 0.05) is 46.8 Å². The maximum Gasteiger partial charge on any atom is 0.153 e. The molecule has 1 aromatic heterocycles. The number of hydrogen-bond donors (Lipinski definition) is 2. The SMILES string of the molecule is Oc1ccc2c(Oc3ccc(OC4CCN(C5CNC5)CC4)cc3)c(-c3ccc(Br)cc3)sc2c1. The second kappa shape index (κ2) is 9.82. The number of likely N-dealkylation sites (tertiary alicyclic amines) is 1. The lowest BCUT2D eigenvalue weighted by Crippen LogP contribution is -2.59. The number of nitrogens with one attached hydrogen (secondary N) is 1. The third-order valence-electron chi connectivity index (χ3n) is 6.83. The van der Waals surface area contributed by atoms with Crippen molar-refractivity contribution in [2.75, 3.05) is 26.2 Å². The standard InChI is InChI=1S/C28H27BrN2O3S/c29-19-3-1-18(2-4-19)28-27(25-10-5-21(32)15-26(25)35-28)34-23-8-6-22(7-9-23)33-24-11-13-31(14-12-24)20-16-30-17-20/h1-10,15,20,24,30,32H,11-14,16-17H2. The minimum atomic E-state index is 0.254. The molecule has 4 aromatic rings. The minimum Gasteiger partial charge on any atom is -0.508 e. The molecule has 0 bridgehead atoms. The highest BCUT2D eigenvalue weighted by molar-refractivity contribution is 9.10. The van der Waals surface area contributed by atoms with Crippen molar-refractivity contribution >= 4 is 37.4 Å². The molecule has 0 aliphatic carbocycles. The average molecular weight is 552 g/mol. The number of phenols is 1. The van der Waals surface area contributed by atoms with Gasteiger partial charge in [-0.2, -0.15) is 0 Å². The molecular weight excluding hydrogens is 524 g/mol. The topological polar surface area (TPSA) is 54.0 Å². The fraction of sp³-hybridized carbons (Fsp3) is 0.286. The molecule has 6 rings (SSSR count). The number of piperidine rings is 1. The fourth-order valence-electron chi connectivity index (χ4n) is 4.74. The first-order chi connectivity index (χ1) is 17.1. The van der Waals surface area contributed by atoms with E-state index in [1.54, 1.807) is 23.5 Å². The van der Waals surface area contributed by atoms with Crippen LogP contribution in [0.15, 0.2) is 71.2 Å². The van der Waals surface area contributed by atoms with Crippen LogP contribution >= 0.6 is 27.3 Å². The summed E-state index contributed by atoms with van der Waals surface area (Å²) in [4.78, 5) is 3.62. The summed E-state index contributed by atoms with van der Waals surface area (Å²) >= 11 is 5.13. The predicted molar refractivity (Wildman–Crippen MR) is 145 cm³/mol. The van der Waals surface area contributed by atoms with Crippen LogP contribution in [0.1, 0.15) is 12.8 Å². The second-order valence-corrected chi connectivity index (χ2v) is 11.2. The summed E-state index contributed by atoms with van der Waals surface area (Å²) in [5.41, 5.74) is 1.08. The third kappa shape index (κ3) is 4.91. The summed E-state index contributed by atoms with van der Waals surface area (Å²) in [6.45, 7) is 4.46. The summed E-state index contributed by atoms with van der Waals surface area (Å²) in [5, 5.41) is 14.3. The molecule has 35 heavy (non-hydrogen) atoms. The Labute approximate surface area is 217 Å². The fourth-order valence-corrected chi connectivity index (χ4v) is 6.17. The van der Waals surface area contributed by atoms with Crippen LogP contribution < -0.4 is 14.8 Å². The number of hydrogen-bond acceptors (Lipinski definition) is 6. The molecule has 0 spiro atoms. The Morgan fingerprint density at radius 1 is 0.914 bits per heavy atom. The molecule has 0 amide bonds. The molecule has 2 aliphatic heterocycles. The number of halogens is 1. The lowest BCUT2D eigenvalue weighted by molar-refractivity contribution is 0.0582. The summed E-state index contributed by atoms with van der Waals surface area (Å²) < 4.78 is 14.7. The third-order valence-corrected chi connectivity index (χ3v) is 8.55. The molecule has 3 aromatic carbocycles. The first-order valence-corrected chi connectivity index (χ1v) is 13.6. The van der Waals surface area contributed by atoms with Gasteiger partial charge < -0.3 is 19.9 Å². The van der Waals surface area contributed by atoms with Gasteiger partial charge in [0.1, 0.15) is 23.4 Å². The quantitative estimate of drug-likeness (QED) is 0.281. The van der Waals surface area contributed by atoms with Crippen molar-refractivity contribution < 1.29 is 14.6 Å². The Balaban J connectivity index is 1.19. The Morgan fingerprint density at radius 3 is 2.31 bits per heavy atom. The number of ether oxygens (including phenoxy) is 2. The molecule has 3 heterocycles. The van der Waals surface area contributed by atoms with E-state index in [4.69, 9.17) is 9.47 Å². The number of nitrogens with zero attached hydrogens (tertiary/aromatic N) is 1. The smallest absolute Gasteiger partial charge is 0.153 e. The Bertz CT molecular complexity index is 1310. The van der Waals surface area contributed by atoms with Crippen molar-refractivity contribution in [2.24, 2.45) is 0 Å². The Hall–Kier alpha value is -2.58. The van der Waals surface area contributed by atoms with Gasteiger partial charge in [0.15, 0.2) is 5.75 Å². The zero-order chi connectivity index (χ0) is 23.8. The van der Waals surface area contributed by atoms with Crippen LogP contribution in [0.5, 0.6) is 23.0 Å². The van der Waals surface area contributed by atoms with Gasteiger partial charge in [0.25, 0.3) is 0 Å². The number of benzene rings is 3. The van der Waals surface area contributed by atoms with E-state index in [0.29, 0.717) is 6.04 Å². The van der Waals surface area contributed by atoms with E-state index in [1.807, 2.05) is 42.5 Å². The molecule has 0 unspecified atom stereocenters. The lowest BCUT2D eigenvalue weighted by Gasteiger charge is -2.42. The van der Waals surface area contributed by atoms with Crippen molar-refractivity contribution in [3.8, 4) is 33.4 Å². The second-order valence-electron chi connectivity index (χ2n) is 9.19. The molecule has 180 valence electrons. The van der Waals surface area contributed by atoms with E-state index in [1.165, 1.54) is 0 Å². The summed E-state index contributed by atoms with van der Waals surface area (Å²) in [6, 6.07) is 22.3. The number of aromatic hydroxyl groups is 1. The highest BCUT2D eigenvalue weighted by Gasteiger charge is 2.29. The van der Waals surface area contributed by atoms with Gasteiger partial charge in [-0.3, -0.25) is 4.90 Å². The highest BCUT2D eigenvalue weighted by Crippen LogP contribution is 2.47. The largest absolute Gasteiger partial charge is 0.508 e. The van der Waals surface area contributed by atoms with Gasteiger partial charge >= 0.3 is 0 Å². The van der Waals surface area contributed by atoms with E-state index < -0.39 is 0 Å². The van der Waals surface area contributed by atoms with Crippen molar-refractivity contribution in [3.63, 3.8) is 0 Å². The minimum absolute atomic E-state index is 0.254. The number of phenolic OH excluding ortho intramolecular Hbond substituents is 1. The molecular formula is C28H27BrN2O3S. The van der Waals surface area contributed by atoms with Crippen LogP contribution in [0.2, 0.25) is 0 Å². The lowest BCUT2D eigenvalue weighted by atomic mass is 10.0. The van der Waals surface area contributed by atoms with Crippen molar-refractivity contribution in [2.45, 2.75) is 25.0 Å². The number of fused-ring (bicyclic) bond motifs is 1. The van der Waals surface area contributed by atoms with Crippen LogP contribution in [0.4, 0.5) is 0 Å². The molecule has 5 nitrogen and oxygen atoms in total. The van der Waals surface area contributed by atoms with E-state index in [0.717, 1.165) is 81.3 Å². The first kappa shape index (κ1) is 22.9. The van der Waals surface area contributed by atoms with Crippen LogP contribution in [0.3, 0.4) is 0 Å². The van der Waals surface area contributed by atoms with E-state index in [9.17, 15) is 5.11 Å². The zero-order valence-corrected chi connectivity index (χ0v) is 21.6. The molecule has 7 heteroatoms. The molecule has 0 atom stereocenters. The van der Waals surface area contributed by atoms with Crippen LogP contribution in [-0.2, 0) is 0 Å². The number of rotatable bonds is 6. The molecule has 2 saturated heterocycles. The Kier molecular flexibility index (Phi) is 6.41. The van der Waals surface area contributed by atoms with Crippen LogP contribution in [-0.4, -0.2) is 48.3 Å². The van der Waals surface area contributed by atoms with Gasteiger partial charge in [-0.25, -0.2) is 0 Å². The van der Waals surface area contributed by atoms with E-state index >= 15 is 0 Å². The average Bonchev–Trinajstić information content (AvgIpc) is 3.18. The molecule has 0 radical (unpaired) electrons. The van der Waals surface area contributed by atoms with Gasteiger partial charge in [0.05, 0.1) is 4.88 Å². The van der Waals surface area contributed by atoms with Crippen LogP contribution in [0, 0.1) is 0 Å². The van der Waals surface area contributed by atoms with Gasteiger partial charge in [-0.1, -0.05) is 28.1 Å². The molecule has 2 N–H and O–H groups in total. The normalized spacial score (nSPS) is 17.4. The number of thiophene rings is 1.